The van der Waals surface area contributed by atoms with Gasteiger partial charge in [-0.05, 0) is 31.5 Å². The molecule has 0 aliphatic carbocycles. The normalized spacial score (nSPS) is 19.6. The summed E-state index contributed by atoms with van der Waals surface area (Å²) in [5.41, 5.74) is 1.26. The van der Waals surface area contributed by atoms with Crippen LogP contribution in [0.25, 0.3) is 0 Å². The van der Waals surface area contributed by atoms with Gasteiger partial charge in [0.2, 0.25) is 0 Å². The van der Waals surface area contributed by atoms with Crippen molar-refractivity contribution in [3.63, 3.8) is 0 Å². The van der Waals surface area contributed by atoms with Gasteiger partial charge in [0.25, 0.3) is 0 Å². The highest BCUT2D eigenvalue weighted by atomic mass is 15.3. The summed E-state index contributed by atoms with van der Waals surface area (Å²) in [5, 5.41) is 4.25. The van der Waals surface area contributed by atoms with Crippen LogP contribution >= 0.6 is 0 Å². The van der Waals surface area contributed by atoms with E-state index in [0.717, 1.165) is 25.5 Å². The number of anilines is 1. The average molecular weight is 286 g/mol. The lowest BCUT2D eigenvalue weighted by molar-refractivity contribution is 0.194. The highest BCUT2D eigenvalue weighted by Crippen LogP contribution is 2.20. The predicted octanol–water partition coefficient (Wildman–Crippen LogP) is 1.31. The Morgan fingerprint density at radius 3 is 2.95 bits per heavy atom. The van der Waals surface area contributed by atoms with Gasteiger partial charge in [0.15, 0.2) is 0 Å². The third-order valence-electron chi connectivity index (χ3n) is 4.26. The molecule has 2 aromatic heterocycles. The number of likely N-dealkylation sites (N-methyl/N-ethyl adjacent to an activating group) is 1. The zero-order chi connectivity index (χ0) is 14.7. The summed E-state index contributed by atoms with van der Waals surface area (Å²) in [6.45, 7) is 3.18. The van der Waals surface area contributed by atoms with Crippen LogP contribution in [0.1, 0.15) is 18.5 Å². The molecule has 6 heteroatoms. The molecule has 112 valence electrons. The summed E-state index contributed by atoms with van der Waals surface area (Å²) in [6, 6.07) is 4.57. The minimum atomic E-state index is 0.502. The van der Waals surface area contributed by atoms with Gasteiger partial charge in [-0.25, -0.2) is 9.97 Å². The summed E-state index contributed by atoms with van der Waals surface area (Å²) < 4.78 is 1.96. The van der Waals surface area contributed by atoms with Crippen LogP contribution in [0.5, 0.6) is 0 Å². The number of hydrogen-bond donors (Lipinski definition) is 0. The Morgan fingerprint density at radius 1 is 1.33 bits per heavy atom. The fourth-order valence-corrected chi connectivity index (χ4v) is 2.96. The Morgan fingerprint density at radius 2 is 2.24 bits per heavy atom. The molecule has 2 aromatic rings. The minimum Gasteiger partial charge on any atom is -0.355 e. The summed E-state index contributed by atoms with van der Waals surface area (Å²) in [5.74, 6) is 0.998. The first kappa shape index (κ1) is 14.0. The molecular formula is C15H22N6. The van der Waals surface area contributed by atoms with E-state index in [-0.39, 0.29) is 0 Å². The lowest BCUT2D eigenvalue weighted by Crippen LogP contribution is -2.46. The van der Waals surface area contributed by atoms with Crippen LogP contribution in [0.15, 0.2) is 30.9 Å². The van der Waals surface area contributed by atoms with Crippen molar-refractivity contribution in [2.45, 2.75) is 25.4 Å². The molecule has 0 bridgehead atoms. The van der Waals surface area contributed by atoms with Crippen LogP contribution in [-0.2, 0) is 13.6 Å². The number of aryl methyl sites for hydroxylation is 1. The lowest BCUT2D eigenvalue weighted by atomic mass is 10.0. The second-order valence-corrected chi connectivity index (χ2v) is 5.66. The molecule has 0 spiro atoms. The number of aromatic nitrogens is 4. The molecule has 3 rings (SSSR count). The van der Waals surface area contributed by atoms with E-state index < -0.39 is 0 Å². The molecule has 0 saturated carbocycles. The molecule has 1 atom stereocenters. The van der Waals surface area contributed by atoms with Crippen LogP contribution in [0, 0.1) is 0 Å². The first-order valence-electron chi connectivity index (χ1n) is 7.42. The molecule has 1 aliphatic heterocycles. The Hall–Kier alpha value is -1.95. The Kier molecular flexibility index (Phi) is 4.15. The van der Waals surface area contributed by atoms with Crippen LogP contribution in [0.4, 0.5) is 5.82 Å². The fourth-order valence-electron chi connectivity index (χ4n) is 2.96. The smallest absolute Gasteiger partial charge is 0.131 e. The molecule has 1 unspecified atom stereocenters. The highest BCUT2D eigenvalue weighted by molar-refractivity contribution is 5.36. The van der Waals surface area contributed by atoms with Gasteiger partial charge in [-0.3, -0.25) is 9.58 Å². The summed E-state index contributed by atoms with van der Waals surface area (Å²) in [7, 11) is 4.13. The van der Waals surface area contributed by atoms with Gasteiger partial charge in [-0.15, -0.1) is 0 Å². The number of hydrogen-bond acceptors (Lipinski definition) is 5. The van der Waals surface area contributed by atoms with Crippen molar-refractivity contribution in [3.05, 3.63) is 36.5 Å². The van der Waals surface area contributed by atoms with Crippen LogP contribution in [0.2, 0.25) is 0 Å². The van der Waals surface area contributed by atoms with Gasteiger partial charge >= 0.3 is 0 Å². The molecular weight excluding hydrogens is 264 g/mol. The van der Waals surface area contributed by atoms with Gasteiger partial charge in [0.1, 0.15) is 12.1 Å². The van der Waals surface area contributed by atoms with Crippen molar-refractivity contribution in [1.29, 1.82) is 0 Å². The Labute approximate surface area is 125 Å². The molecule has 0 N–H and O–H groups in total. The van der Waals surface area contributed by atoms with Gasteiger partial charge in [-0.2, -0.15) is 5.10 Å². The maximum Gasteiger partial charge on any atom is 0.131 e. The lowest BCUT2D eigenvalue weighted by Gasteiger charge is -2.38. The Balaban J connectivity index is 1.64. The summed E-state index contributed by atoms with van der Waals surface area (Å²) in [4.78, 5) is 13.1. The monoisotopic (exact) mass is 286 g/mol. The zero-order valence-corrected chi connectivity index (χ0v) is 12.7. The molecule has 0 aromatic carbocycles. The van der Waals surface area contributed by atoms with E-state index in [2.05, 4.69) is 38.0 Å². The van der Waals surface area contributed by atoms with E-state index in [9.17, 15) is 0 Å². The van der Waals surface area contributed by atoms with E-state index in [1.807, 2.05) is 24.0 Å². The van der Waals surface area contributed by atoms with Crippen LogP contribution in [-0.4, -0.2) is 50.8 Å². The topological polar surface area (TPSA) is 50.1 Å². The number of rotatable bonds is 4. The van der Waals surface area contributed by atoms with E-state index in [1.165, 1.54) is 18.5 Å². The van der Waals surface area contributed by atoms with Crippen molar-refractivity contribution < 1.29 is 0 Å². The number of piperidine rings is 1. The van der Waals surface area contributed by atoms with Crippen molar-refractivity contribution in [3.8, 4) is 0 Å². The average Bonchev–Trinajstić information content (AvgIpc) is 2.93. The van der Waals surface area contributed by atoms with Gasteiger partial charge < -0.3 is 4.90 Å². The first-order valence-corrected chi connectivity index (χ1v) is 7.42. The Bertz CT molecular complexity index is 567. The molecule has 0 radical (unpaired) electrons. The second-order valence-electron chi connectivity index (χ2n) is 5.66. The second kappa shape index (κ2) is 6.22. The highest BCUT2D eigenvalue weighted by Gasteiger charge is 2.24. The molecule has 3 heterocycles. The van der Waals surface area contributed by atoms with Crippen LogP contribution < -0.4 is 4.90 Å². The predicted molar refractivity (Wildman–Crippen MR) is 81.9 cm³/mol. The maximum atomic E-state index is 4.35. The fraction of sp³-hybridized carbons (Fsp3) is 0.533. The molecule has 1 fully saturated rings. The zero-order valence-electron chi connectivity index (χ0n) is 12.7. The van der Waals surface area contributed by atoms with E-state index in [0.29, 0.717) is 6.04 Å². The molecule has 6 nitrogen and oxygen atoms in total. The third-order valence-corrected chi connectivity index (χ3v) is 4.26. The molecule has 21 heavy (non-hydrogen) atoms. The molecule has 1 saturated heterocycles. The number of likely N-dealkylation sites (tertiary alicyclic amines) is 1. The standard InChI is InChI=1S/C15H22N6/c1-19(15-6-7-16-12-17-15)13-4-3-9-21(10-13)11-14-5-8-18-20(14)2/h5-8,12-13H,3-4,9-11H2,1-2H3. The van der Waals surface area contributed by atoms with Gasteiger partial charge in [0.05, 0.1) is 5.69 Å². The van der Waals surface area contributed by atoms with Crippen molar-refractivity contribution in [1.82, 2.24) is 24.6 Å². The van der Waals surface area contributed by atoms with Crippen molar-refractivity contribution in [2.75, 3.05) is 25.0 Å². The van der Waals surface area contributed by atoms with Crippen molar-refractivity contribution >= 4 is 5.82 Å². The first-order chi connectivity index (χ1) is 10.2. The minimum absolute atomic E-state index is 0.502. The SMILES string of the molecule is CN(c1ccncn1)C1CCCN(Cc2ccnn2C)C1. The van der Waals surface area contributed by atoms with E-state index in [1.54, 1.807) is 12.5 Å². The van der Waals surface area contributed by atoms with Gasteiger partial charge in [-0.1, -0.05) is 0 Å². The van der Waals surface area contributed by atoms with E-state index in [4.69, 9.17) is 0 Å². The van der Waals surface area contributed by atoms with Crippen molar-refractivity contribution in [2.24, 2.45) is 7.05 Å². The summed E-state index contributed by atoms with van der Waals surface area (Å²) >= 11 is 0. The summed E-state index contributed by atoms with van der Waals surface area (Å²) in [6.07, 6.45) is 7.71. The largest absolute Gasteiger partial charge is 0.355 e. The third kappa shape index (κ3) is 3.21. The quantitative estimate of drug-likeness (QED) is 0.848. The van der Waals surface area contributed by atoms with Gasteiger partial charge in [0, 0.05) is 45.6 Å². The molecule has 0 amide bonds. The van der Waals surface area contributed by atoms with Crippen LogP contribution in [0.3, 0.4) is 0 Å². The molecule has 1 aliphatic rings. The van der Waals surface area contributed by atoms with E-state index >= 15 is 0 Å². The maximum absolute atomic E-state index is 4.35. The number of nitrogens with zero attached hydrogens (tertiary/aromatic N) is 6.